The van der Waals surface area contributed by atoms with E-state index in [1.807, 2.05) is 36.4 Å². The number of amides is 2. The van der Waals surface area contributed by atoms with Gasteiger partial charge in [-0.1, -0.05) is 86.2 Å². The highest BCUT2D eigenvalue weighted by molar-refractivity contribution is 14.1. The number of phenols is 1. The summed E-state index contributed by atoms with van der Waals surface area (Å²) in [6, 6.07) is 24.3. The van der Waals surface area contributed by atoms with Crippen LogP contribution in [0.1, 0.15) is 62.6 Å². The van der Waals surface area contributed by atoms with E-state index in [0.29, 0.717) is 34.9 Å². The van der Waals surface area contributed by atoms with Crippen LogP contribution in [0.3, 0.4) is 0 Å². The van der Waals surface area contributed by atoms with E-state index >= 15 is 0 Å². The molecule has 3 aromatic rings. The molecular weight excluding hydrogens is 766 g/mol. The van der Waals surface area contributed by atoms with Crippen molar-refractivity contribution in [3.8, 4) is 11.5 Å². The molecule has 4 atom stereocenters. The number of imide groups is 1. The maximum absolute atomic E-state index is 14.4. The fourth-order valence-corrected chi connectivity index (χ4v) is 9.71. The first-order valence-electron chi connectivity index (χ1n) is 18.6. The number of likely N-dealkylation sites (tertiary alicyclic amines) is 2. The summed E-state index contributed by atoms with van der Waals surface area (Å²) >= 11 is 2.11. The minimum absolute atomic E-state index is 0.0282. The lowest BCUT2D eigenvalue weighted by molar-refractivity contribution is -0.144. The fourth-order valence-electron chi connectivity index (χ4n) is 9.08. The molecule has 1 aliphatic carbocycles. The summed E-state index contributed by atoms with van der Waals surface area (Å²) < 4.78 is 12.5. The number of carbonyl (C=O) groups is 2. The van der Waals surface area contributed by atoms with E-state index in [4.69, 9.17) is 9.39 Å². The molecule has 7 rings (SSSR count). The van der Waals surface area contributed by atoms with Crippen LogP contribution in [0.2, 0.25) is 6.32 Å². The largest absolute Gasteiger partial charge is 0.504 e. The van der Waals surface area contributed by atoms with Crippen molar-refractivity contribution in [3.05, 3.63) is 104 Å². The van der Waals surface area contributed by atoms with Crippen LogP contribution in [0.15, 0.2) is 83.9 Å². The molecule has 0 saturated carbocycles. The highest BCUT2D eigenvalue weighted by Crippen LogP contribution is 2.53. The Morgan fingerprint density at radius 3 is 2.38 bits per heavy atom. The van der Waals surface area contributed by atoms with Gasteiger partial charge < -0.3 is 19.5 Å². The van der Waals surface area contributed by atoms with E-state index < -0.39 is 19.0 Å². The van der Waals surface area contributed by atoms with E-state index in [1.54, 1.807) is 12.0 Å². The molecule has 0 aromatic heterocycles. The number of halogens is 1. The van der Waals surface area contributed by atoms with Gasteiger partial charge in [0, 0.05) is 25.7 Å². The van der Waals surface area contributed by atoms with Crippen LogP contribution in [0.4, 0.5) is 0 Å². The maximum atomic E-state index is 14.4. The van der Waals surface area contributed by atoms with E-state index in [-0.39, 0.29) is 41.5 Å². The zero-order chi connectivity index (χ0) is 36.5. The Balaban J connectivity index is 1.13. The summed E-state index contributed by atoms with van der Waals surface area (Å²) in [6.07, 6.45) is 5.43. The molecule has 0 bridgehead atoms. The van der Waals surface area contributed by atoms with Gasteiger partial charge in [-0.2, -0.15) is 0 Å². The van der Waals surface area contributed by atoms with Crippen molar-refractivity contribution in [2.75, 3.05) is 20.2 Å². The van der Waals surface area contributed by atoms with Crippen LogP contribution in [0.5, 0.6) is 11.5 Å². The number of carbonyl (C=O) groups excluding carboxylic acids is 2. The number of piperidine rings is 1. The molecule has 4 aliphatic rings. The molecule has 10 heteroatoms. The Kier molecular flexibility index (Phi) is 11.3. The highest BCUT2D eigenvalue weighted by atomic mass is 127. The second kappa shape index (κ2) is 15.9. The van der Waals surface area contributed by atoms with E-state index in [9.17, 15) is 19.7 Å². The predicted molar refractivity (Wildman–Crippen MR) is 212 cm³/mol. The van der Waals surface area contributed by atoms with Crippen LogP contribution in [-0.4, -0.2) is 71.2 Å². The topological polar surface area (TPSA) is 99.5 Å². The van der Waals surface area contributed by atoms with Gasteiger partial charge in [0.1, 0.15) is 0 Å². The minimum atomic E-state index is -1.02. The lowest BCUT2D eigenvalue weighted by Crippen LogP contribution is -2.48. The van der Waals surface area contributed by atoms with E-state index in [0.717, 1.165) is 54.7 Å². The summed E-state index contributed by atoms with van der Waals surface area (Å²) in [7, 11) is 0.530. The molecule has 0 unspecified atom stereocenters. The van der Waals surface area contributed by atoms with Gasteiger partial charge in [-0.25, -0.2) is 0 Å². The van der Waals surface area contributed by atoms with Crippen molar-refractivity contribution < 1.29 is 29.1 Å². The van der Waals surface area contributed by atoms with Gasteiger partial charge in [0.15, 0.2) is 11.5 Å². The second-order valence-electron chi connectivity index (χ2n) is 15.1. The number of phenolic OH excluding ortho intramolecular Hbond substituents is 1. The molecule has 0 radical (unpaired) electrons. The van der Waals surface area contributed by atoms with Gasteiger partial charge in [0.05, 0.1) is 28.6 Å². The Morgan fingerprint density at radius 1 is 1.02 bits per heavy atom. The molecule has 3 aromatic carbocycles. The molecule has 2 amide bonds. The van der Waals surface area contributed by atoms with Crippen LogP contribution < -0.4 is 4.74 Å². The first-order chi connectivity index (χ1) is 25.1. The first-order valence-corrected chi connectivity index (χ1v) is 19.7. The zero-order valence-electron chi connectivity index (χ0n) is 30.2. The third kappa shape index (κ3) is 7.49. The van der Waals surface area contributed by atoms with Crippen LogP contribution >= 0.6 is 22.6 Å². The summed E-state index contributed by atoms with van der Waals surface area (Å²) in [5, 5.41) is 21.7. The normalized spacial score (nSPS) is 24.5. The summed E-state index contributed by atoms with van der Waals surface area (Å²) in [5.74, 6) is -0.478. The van der Waals surface area contributed by atoms with Gasteiger partial charge in [0.25, 0.3) is 0 Å². The summed E-state index contributed by atoms with van der Waals surface area (Å²) in [5.41, 5.74) is 6.66. The summed E-state index contributed by atoms with van der Waals surface area (Å²) in [6.45, 7) is 6.89. The monoisotopic (exact) mass is 814 g/mol. The van der Waals surface area contributed by atoms with Gasteiger partial charge in [0.2, 0.25) is 11.8 Å². The average Bonchev–Trinajstić information content (AvgIpc) is 3.40. The Labute approximate surface area is 321 Å². The minimum Gasteiger partial charge on any atom is -0.504 e. The van der Waals surface area contributed by atoms with Crippen LogP contribution in [-0.2, 0) is 20.8 Å². The molecule has 3 heterocycles. The van der Waals surface area contributed by atoms with Crippen molar-refractivity contribution >= 4 is 53.2 Å². The number of aromatic hydroxyl groups is 1. The number of hydrogen-bond acceptors (Lipinski definition) is 7. The molecule has 3 aliphatic heterocycles. The number of methoxy groups -OCH3 is 1. The molecule has 8 nitrogen and oxygen atoms in total. The first kappa shape index (κ1) is 36.9. The molecule has 0 spiro atoms. The molecule has 272 valence electrons. The average molecular weight is 815 g/mol. The van der Waals surface area contributed by atoms with Gasteiger partial charge in [-0.05, 0) is 113 Å². The van der Waals surface area contributed by atoms with Crippen molar-refractivity contribution in [2.24, 2.45) is 23.7 Å². The lowest BCUT2D eigenvalue weighted by atomic mass is 9.57. The lowest BCUT2D eigenvalue weighted by Gasteiger charge is -2.44. The quantitative estimate of drug-likeness (QED) is 0.0722. The number of allylic oxidation sites excluding steroid dienone is 2. The standard InChI is InChI=1S/C42H48BIN2O6/c1-26(2)32-23-33-39(42(49)46(41(33)48)31-16-18-45(19-17-31)25-27-10-6-4-7-11-27)34-24-43(50)52-36(38(32)34)15-14-30(29-12-8-5-9-13-29)20-28-21-35(44)40(47)37(22-28)51-3/h4-13,20-22,26,31,33-34,36,39,47,50H,14-19,23-25H2,1-3H3/b30-20-/t33-,34+,36-,39-/m1/s1. The Hall–Kier alpha value is -3.45. The van der Waals surface area contributed by atoms with Crippen molar-refractivity contribution in [1.82, 2.24) is 9.80 Å². The molecule has 2 N–H and O–H groups in total. The van der Waals surface area contributed by atoms with Gasteiger partial charge >= 0.3 is 7.12 Å². The Bertz CT molecular complexity index is 1840. The van der Waals surface area contributed by atoms with Crippen molar-refractivity contribution in [1.29, 1.82) is 0 Å². The number of fused-ring (bicyclic) bond motifs is 3. The number of rotatable bonds is 10. The number of benzene rings is 3. The second-order valence-corrected chi connectivity index (χ2v) is 16.2. The van der Waals surface area contributed by atoms with E-state index in [2.05, 4.69) is 83.8 Å². The van der Waals surface area contributed by atoms with Crippen molar-refractivity contribution in [2.45, 2.75) is 71.0 Å². The third-order valence-corrected chi connectivity index (χ3v) is 12.4. The predicted octanol–water partition coefficient (Wildman–Crippen LogP) is 7.44. The van der Waals surface area contributed by atoms with Crippen LogP contribution in [0.25, 0.3) is 11.6 Å². The fraction of sp³-hybridized carbons (Fsp3) is 0.429. The highest BCUT2D eigenvalue weighted by Gasteiger charge is 2.58. The molecular formula is C42H48BIN2O6. The molecule has 52 heavy (non-hydrogen) atoms. The SMILES string of the molecule is COc1cc(/C=C(/CC[C@H]2OB(O)C[C@H]3C2=C(C(C)C)C[C@H]2C(=O)N(C4CCN(Cc5ccccc5)CC4)C(=O)[C@H]23)c2ccccc2)cc(I)c1O. The maximum Gasteiger partial charge on any atom is 0.455 e. The van der Waals surface area contributed by atoms with Crippen molar-refractivity contribution in [3.63, 3.8) is 0 Å². The number of hydrogen-bond donors (Lipinski definition) is 2. The van der Waals surface area contributed by atoms with E-state index in [1.165, 1.54) is 11.1 Å². The Morgan fingerprint density at radius 2 is 1.71 bits per heavy atom. The summed E-state index contributed by atoms with van der Waals surface area (Å²) in [4.78, 5) is 32.7. The molecule has 3 saturated heterocycles. The zero-order valence-corrected chi connectivity index (χ0v) is 32.4. The number of nitrogens with zero attached hydrogens (tertiary/aromatic N) is 2. The smallest absolute Gasteiger partial charge is 0.455 e. The third-order valence-electron chi connectivity index (χ3n) is 11.6. The van der Waals surface area contributed by atoms with Crippen LogP contribution in [0, 0.1) is 27.2 Å². The van der Waals surface area contributed by atoms with Gasteiger partial charge in [-0.3, -0.25) is 19.4 Å². The number of ether oxygens (including phenoxy) is 1. The molecule has 3 fully saturated rings. The van der Waals surface area contributed by atoms with Gasteiger partial charge in [-0.15, -0.1) is 0 Å².